The second-order valence-electron chi connectivity index (χ2n) is 14.3. The van der Waals surface area contributed by atoms with Gasteiger partial charge < -0.3 is 10.2 Å². The van der Waals surface area contributed by atoms with Crippen LogP contribution in [0.25, 0.3) is 0 Å². The quantitative estimate of drug-likeness (QED) is 0.0504. The summed E-state index contributed by atoms with van der Waals surface area (Å²) >= 11 is 0. The van der Waals surface area contributed by atoms with E-state index in [1.807, 2.05) is 0 Å². The Balaban J connectivity index is 0. The average molecular weight is 677 g/mol. The summed E-state index contributed by atoms with van der Waals surface area (Å²) in [5, 5.41) is 17.1. The lowest BCUT2D eigenvalue weighted by Gasteiger charge is -2.01. The van der Waals surface area contributed by atoms with Gasteiger partial charge >= 0.3 is 11.9 Å². The molecule has 0 aromatic heterocycles. The van der Waals surface area contributed by atoms with Crippen LogP contribution in [-0.2, 0) is 9.59 Å². The topological polar surface area (TPSA) is 74.6 Å². The van der Waals surface area contributed by atoms with Gasteiger partial charge in [-0.2, -0.15) is 0 Å². The normalized spacial score (nSPS) is 11.4. The Kier molecular flexibility index (Phi) is 45.9. The molecular formula is C44H84O4. The molecule has 0 radical (unpaired) electrons. The molecule has 4 heteroatoms. The Morgan fingerprint density at radius 1 is 0.312 bits per heavy atom. The van der Waals surface area contributed by atoms with Gasteiger partial charge in [0, 0.05) is 12.8 Å². The van der Waals surface area contributed by atoms with Crippen LogP contribution in [0.1, 0.15) is 245 Å². The molecule has 0 aliphatic heterocycles. The van der Waals surface area contributed by atoms with E-state index in [4.69, 9.17) is 10.2 Å². The molecule has 0 rings (SSSR count). The minimum absolute atomic E-state index is 0.340. The van der Waals surface area contributed by atoms with Crippen LogP contribution in [0.4, 0.5) is 0 Å². The van der Waals surface area contributed by atoms with Crippen molar-refractivity contribution in [1.82, 2.24) is 0 Å². The van der Waals surface area contributed by atoms with Crippen LogP contribution >= 0.6 is 0 Å². The van der Waals surface area contributed by atoms with Crippen molar-refractivity contribution in [2.45, 2.75) is 245 Å². The van der Waals surface area contributed by atoms with E-state index in [1.165, 1.54) is 193 Å². The van der Waals surface area contributed by atoms with Crippen molar-refractivity contribution >= 4 is 11.9 Å². The molecule has 0 spiro atoms. The Morgan fingerprint density at radius 3 is 0.708 bits per heavy atom. The molecule has 0 atom stereocenters. The van der Waals surface area contributed by atoms with E-state index in [0.717, 1.165) is 25.7 Å². The van der Waals surface area contributed by atoms with E-state index in [-0.39, 0.29) is 0 Å². The number of hydrogen-bond acceptors (Lipinski definition) is 2. The second-order valence-corrected chi connectivity index (χ2v) is 14.3. The average Bonchev–Trinajstić information content (AvgIpc) is 3.07. The summed E-state index contributed by atoms with van der Waals surface area (Å²) in [5.74, 6) is -1.31. The van der Waals surface area contributed by atoms with Crippen LogP contribution in [0, 0.1) is 0 Å². The fraction of sp³-hybridized carbons (Fsp3) is 0.864. The number of carboxylic acid groups (broad SMARTS) is 2. The highest BCUT2D eigenvalue weighted by atomic mass is 16.4. The maximum Gasteiger partial charge on any atom is 0.303 e. The van der Waals surface area contributed by atoms with Gasteiger partial charge in [-0.05, 0) is 64.2 Å². The molecule has 0 heterocycles. The summed E-state index contributed by atoms with van der Waals surface area (Å²) in [6, 6.07) is 0. The van der Waals surface area contributed by atoms with E-state index in [2.05, 4.69) is 38.2 Å². The van der Waals surface area contributed by atoms with Gasteiger partial charge in [0.25, 0.3) is 0 Å². The van der Waals surface area contributed by atoms with Gasteiger partial charge in [0.15, 0.2) is 0 Å². The molecule has 0 aliphatic rings. The summed E-state index contributed by atoms with van der Waals surface area (Å²) in [5.41, 5.74) is 0. The number of aliphatic carboxylic acids is 2. The van der Waals surface area contributed by atoms with Gasteiger partial charge in [-0.1, -0.05) is 192 Å². The van der Waals surface area contributed by atoms with Gasteiger partial charge in [0.2, 0.25) is 0 Å². The van der Waals surface area contributed by atoms with Crippen LogP contribution in [0.15, 0.2) is 24.3 Å². The zero-order valence-electron chi connectivity index (χ0n) is 32.5. The molecule has 0 aromatic rings. The number of carboxylic acids is 2. The number of rotatable bonds is 38. The molecule has 0 bridgehead atoms. The molecule has 0 fully saturated rings. The van der Waals surface area contributed by atoms with Crippen LogP contribution in [0.3, 0.4) is 0 Å². The number of hydrogen-bond donors (Lipinski definition) is 2. The van der Waals surface area contributed by atoms with Crippen molar-refractivity contribution in [3.63, 3.8) is 0 Å². The van der Waals surface area contributed by atoms with E-state index >= 15 is 0 Å². The first-order valence-corrected chi connectivity index (χ1v) is 21.3. The molecule has 0 aromatic carbocycles. The Bertz CT molecular complexity index is 625. The molecule has 4 nitrogen and oxygen atoms in total. The highest BCUT2D eigenvalue weighted by Gasteiger charge is 1.98. The van der Waals surface area contributed by atoms with Crippen LogP contribution in [0.5, 0.6) is 0 Å². The Labute approximate surface area is 300 Å². The Morgan fingerprint density at radius 2 is 0.500 bits per heavy atom. The first-order valence-electron chi connectivity index (χ1n) is 21.3. The third-order valence-corrected chi connectivity index (χ3v) is 9.30. The van der Waals surface area contributed by atoms with Crippen LogP contribution < -0.4 is 0 Å². The molecule has 48 heavy (non-hydrogen) atoms. The maximum atomic E-state index is 10.4. The fourth-order valence-corrected chi connectivity index (χ4v) is 6.11. The lowest BCUT2D eigenvalue weighted by atomic mass is 10.1. The predicted octanol–water partition coefficient (Wildman–Crippen LogP) is 15.3. The van der Waals surface area contributed by atoms with Gasteiger partial charge in [-0.15, -0.1) is 0 Å². The number of allylic oxidation sites excluding steroid dienone is 4. The lowest BCUT2D eigenvalue weighted by Crippen LogP contribution is -1.93. The fourth-order valence-electron chi connectivity index (χ4n) is 6.11. The highest BCUT2D eigenvalue weighted by molar-refractivity contribution is 5.66. The Hall–Kier alpha value is -1.58. The third kappa shape index (κ3) is 51.3. The van der Waals surface area contributed by atoms with Gasteiger partial charge in [-0.25, -0.2) is 0 Å². The third-order valence-electron chi connectivity index (χ3n) is 9.30. The molecule has 284 valence electrons. The summed E-state index contributed by atoms with van der Waals surface area (Å²) in [4.78, 5) is 20.8. The van der Waals surface area contributed by atoms with Crippen molar-refractivity contribution in [2.75, 3.05) is 0 Å². The van der Waals surface area contributed by atoms with Crippen molar-refractivity contribution in [3.05, 3.63) is 24.3 Å². The lowest BCUT2D eigenvalue weighted by molar-refractivity contribution is -0.138. The van der Waals surface area contributed by atoms with E-state index < -0.39 is 11.9 Å². The van der Waals surface area contributed by atoms with Gasteiger partial charge in [0.05, 0.1) is 0 Å². The predicted molar refractivity (Wildman–Crippen MR) is 211 cm³/mol. The number of unbranched alkanes of at least 4 members (excludes halogenated alkanes) is 30. The SMILES string of the molecule is CCCCCCCCC=CCCCCCCCCCCCC(=O)O.CCCCCCCCC=CCCCCCCCCCCCC(=O)O. The van der Waals surface area contributed by atoms with Gasteiger partial charge in [-0.3, -0.25) is 9.59 Å². The van der Waals surface area contributed by atoms with Crippen molar-refractivity contribution in [3.8, 4) is 0 Å². The largest absolute Gasteiger partial charge is 0.481 e. The minimum Gasteiger partial charge on any atom is -0.481 e. The number of carbonyl (C=O) groups is 2. The highest BCUT2D eigenvalue weighted by Crippen LogP contribution is 2.14. The summed E-state index contributed by atoms with van der Waals surface area (Å²) < 4.78 is 0. The zero-order valence-corrected chi connectivity index (χ0v) is 32.5. The molecule has 2 N–H and O–H groups in total. The minimum atomic E-state index is -0.656. The molecule has 0 amide bonds. The van der Waals surface area contributed by atoms with Crippen molar-refractivity contribution in [1.29, 1.82) is 0 Å². The molecule has 0 aliphatic carbocycles. The standard InChI is InChI=1S/2C22H42O2/c2*1-2-3-4-5-6-7-8-9-10-11-12-13-14-15-16-17-18-19-20-21-22(23)24/h2*9-10H,2-8,11-21H2,1H3,(H,23,24). The zero-order chi connectivity index (χ0) is 35.4. The molecule has 0 saturated carbocycles. The van der Waals surface area contributed by atoms with E-state index in [1.54, 1.807) is 0 Å². The molecular weight excluding hydrogens is 592 g/mol. The molecule has 0 saturated heterocycles. The second kappa shape index (κ2) is 45.4. The first kappa shape index (κ1) is 48.5. The van der Waals surface area contributed by atoms with E-state index in [0.29, 0.717) is 12.8 Å². The summed E-state index contributed by atoms with van der Waals surface area (Å²) in [7, 11) is 0. The first-order chi connectivity index (χ1) is 23.5. The van der Waals surface area contributed by atoms with Crippen molar-refractivity contribution < 1.29 is 19.8 Å². The van der Waals surface area contributed by atoms with Crippen LogP contribution in [-0.4, -0.2) is 22.2 Å². The summed E-state index contributed by atoms with van der Waals surface area (Å²) in [6.45, 7) is 4.54. The smallest absolute Gasteiger partial charge is 0.303 e. The maximum absolute atomic E-state index is 10.4. The van der Waals surface area contributed by atoms with Crippen molar-refractivity contribution in [2.24, 2.45) is 0 Å². The van der Waals surface area contributed by atoms with Crippen LogP contribution in [0.2, 0.25) is 0 Å². The molecule has 0 unspecified atom stereocenters. The van der Waals surface area contributed by atoms with Gasteiger partial charge in [0.1, 0.15) is 0 Å². The summed E-state index contributed by atoms with van der Waals surface area (Å²) in [6.07, 6.45) is 54.2. The monoisotopic (exact) mass is 677 g/mol. The van der Waals surface area contributed by atoms with E-state index in [9.17, 15) is 9.59 Å².